The van der Waals surface area contributed by atoms with Crippen molar-refractivity contribution in [3.05, 3.63) is 77.2 Å². The van der Waals surface area contributed by atoms with Gasteiger partial charge in [-0.15, -0.1) is 0 Å². The number of ketones is 1. The van der Waals surface area contributed by atoms with Gasteiger partial charge in [0, 0.05) is 30.4 Å². The molecular weight excluding hydrogens is 450 g/mol. The zero-order valence-electron chi connectivity index (χ0n) is 18.7. The fourth-order valence-electron chi connectivity index (χ4n) is 4.28. The molecule has 2 aromatic carbocycles. The van der Waals surface area contributed by atoms with Crippen LogP contribution in [0.25, 0.3) is 11.0 Å². The molecule has 3 N–H and O–H groups in total. The van der Waals surface area contributed by atoms with E-state index >= 15 is 0 Å². The number of anilines is 1. The van der Waals surface area contributed by atoms with Gasteiger partial charge in [0.25, 0.3) is 0 Å². The zero-order chi connectivity index (χ0) is 23.3. The van der Waals surface area contributed by atoms with Crippen molar-refractivity contribution < 1.29 is 9.53 Å². The van der Waals surface area contributed by atoms with E-state index in [2.05, 4.69) is 25.6 Å². The van der Waals surface area contributed by atoms with Crippen LogP contribution < -0.4 is 15.4 Å². The van der Waals surface area contributed by atoms with Gasteiger partial charge in [-0.3, -0.25) is 4.79 Å². The smallest absolute Gasteiger partial charge is 0.196 e. The minimum atomic E-state index is -0.198. The Morgan fingerprint density at radius 1 is 1.03 bits per heavy atom. The van der Waals surface area contributed by atoms with Gasteiger partial charge in [-0.1, -0.05) is 42.6 Å². The molecule has 0 radical (unpaired) electrons. The Morgan fingerprint density at radius 2 is 1.91 bits per heavy atom. The molecule has 0 bridgehead atoms. The first kappa shape index (κ1) is 22.4. The molecule has 2 aromatic heterocycles. The van der Waals surface area contributed by atoms with Crippen molar-refractivity contribution in [2.75, 3.05) is 18.4 Å². The Kier molecular flexibility index (Phi) is 6.74. The fraction of sp³-hybridized carbons (Fsp3) is 0.269. The fourth-order valence-corrected chi connectivity index (χ4v) is 4.53. The summed E-state index contributed by atoms with van der Waals surface area (Å²) in [7, 11) is 0. The van der Waals surface area contributed by atoms with E-state index in [0.29, 0.717) is 44.5 Å². The van der Waals surface area contributed by atoms with Crippen molar-refractivity contribution in [2.24, 2.45) is 0 Å². The topological polar surface area (TPSA) is 91.9 Å². The second kappa shape index (κ2) is 10.2. The van der Waals surface area contributed by atoms with E-state index < -0.39 is 0 Å². The molecule has 34 heavy (non-hydrogen) atoms. The highest BCUT2D eigenvalue weighted by Crippen LogP contribution is 2.31. The lowest BCUT2D eigenvalue weighted by Crippen LogP contribution is -2.35. The summed E-state index contributed by atoms with van der Waals surface area (Å²) in [6.45, 7) is 1.88. The van der Waals surface area contributed by atoms with E-state index in [0.717, 1.165) is 19.5 Å². The molecule has 0 amide bonds. The number of hydrogen-bond donors (Lipinski definition) is 3. The second-order valence-electron chi connectivity index (χ2n) is 8.43. The van der Waals surface area contributed by atoms with Crippen LogP contribution in [0, 0.1) is 0 Å². The summed E-state index contributed by atoms with van der Waals surface area (Å²) in [5.74, 6) is 1.72. The molecule has 1 aliphatic rings. The van der Waals surface area contributed by atoms with Crippen molar-refractivity contribution in [1.29, 1.82) is 0 Å². The number of rotatable bonds is 6. The number of H-pyrrole nitrogens is 1. The molecule has 8 heteroatoms. The van der Waals surface area contributed by atoms with Crippen LogP contribution >= 0.6 is 11.6 Å². The Bertz CT molecular complexity index is 1280. The SMILES string of the molecule is O=C(c1ccc(Oc2ccccc2)cc1Cl)c1c[nH]c2ncnc(NC3CCCCCNC3)c12. The molecule has 174 valence electrons. The number of halogens is 1. The average Bonchev–Trinajstić information content (AvgIpc) is 3.26. The predicted octanol–water partition coefficient (Wildman–Crippen LogP) is 5.58. The predicted molar refractivity (Wildman–Crippen MR) is 134 cm³/mol. The van der Waals surface area contributed by atoms with Crippen LogP contribution in [0.1, 0.15) is 41.6 Å². The molecule has 1 unspecified atom stereocenters. The van der Waals surface area contributed by atoms with Crippen molar-refractivity contribution in [3.8, 4) is 11.5 Å². The summed E-state index contributed by atoms with van der Waals surface area (Å²) < 4.78 is 5.84. The number of hydrogen-bond acceptors (Lipinski definition) is 6. The summed E-state index contributed by atoms with van der Waals surface area (Å²) in [6, 6.07) is 14.8. The Hall–Kier alpha value is -3.42. The molecular formula is C26H26ClN5O2. The van der Waals surface area contributed by atoms with Crippen molar-refractivity contribution in [1.82, 2.24) is 20.3 Å². The number of fused-ring (bicyclic) bond motifs is 1. The molecule has 1 saturated heterocycles. The Balaban J connectivity index is 1.42. The van der Waals surface area contributed by atoms with E-state index in [1.807, 2.05) is 30.3 Å². The number of aromatic amines is 1. The minimum absolute atomic E-state index is 0.198. The minimum Gasteiger partial charge on any atom is -0.457 e. The summed E-state index contributed by atoms with van der Waals surface area (Å²) in [5, 5.41) is 8.02. The molecule has 1 atom stereocenters. The number of nitrogens with one attached hydrogen (secondary N) is 3. The lowest BCUT2D eigenvalue weighted by Gasteiger charge is -2.22. The largest absolute Gasteiger partial charge is 0.457 e. The third-order valence-electron chi connectivity index (χ3n) is 6.02. The van der Waals surface area contributed by atoms with Gasteiger partial charge < -0.3 is 20.4 Å². The molecule has 1 fully saturated rings. The molecule has 7 nitrogen and oxygen atoms in total. The number of nitrogens with zero attached hydrogens (tertiary/aromatic N) is 2. The van der Waals surface area contributed by atoms with E-state index in [4.69, 9.17) is 16.3 Å². The lowest BCUT2D eigenvalue weighted by atomic mass is 10.0. The van der Waals surface area contributed by atoms with E-state index in [-0.39, 0.29) is 11.8 Å². The first-order valence-corrected chi connectivity index (χ1v) is 11.9. The van der Waals surface area contributed by atoms with Crippen LogP contribution in [0.5, 0.6) is 11.5 Å². The molecule has 0 saturated carbocycles. The van der Waals surface area contributed by atoms with Crippen LogP contribution in [0.4, 0.5) is 5.82 Å². The first-order chi connectivity index (χ1) is 16.7. The highest BCUT2D eigenvalue weighted by atomic mass is 35.5. The van der Waals surface area contributed by atoms with Crippen molar-refractivity contribution in [2.45, 2.75) is 31.7 Å². The van der Waals surface area contributed by atoms with Crippen molar-refractivity contribution in [3.63, 3.8) is 0 Å². The lowest BCUT2D eigenvalue weighted by molar-refractivity contribution is 0.104. The van der Waals surface area contributed by atoms with Crippen LogP contribution in [0.15, 0.2) is 61.1 Å². The molecule has 5 rings (SSSR count). The molecule has 4 aromatic rings. The zero-order valence-corrected chi connectivity index (χ0v) is 19.4. The number of para-hydroxylation sites is 1. The summed E-state index contributed by atoms with van der Waals surface area (Å²) in [4.78, 5) is 25.4. The third kappa shape index (κ3) is 4.90. The van der Waals surface area contributed by atoms with Crippen LogP contribution in [-0.4, -0.2) is 39.9 Å². The summed E-state index contributed by atoms with van der Waals surface area (Å²) >= 11 is 6.52. The van der Waals surface area contributed by atoms with Gasteiger partial charge in [0.15, 0.2) is 5.78 Å². The first-order valence-electron chi connectivity index (χ1n) is 11.6. The van der Waals surface area contributed by atoms with Crippen LogP contribution in [-0.2, 0) is 0 Å². The standard InChI is InChI=1S/C26H26ClN5O2/c27-22-13-19(34-18-8-4-1-5-9-18)10-11-20(22)24(33)21-15-29-25-23(21)26(31-16-30-25)32-17-7-3-2-6-12-28-14-17/h1,4-5,8-11,13,15-17,28H,2-3,6-7,12,14H2,(H2,29,30,31,32). The van der Waals surface area contributed by atoms with E-state index in [1.54, 1.807) is 24.4 Å². The molecule has 0 aliphatic carbocycles. The second-order valence-corrected chi connectivity index (χ2v) is 8.84. The van der Waals surface area contributed by atoms with E-state index in [1.165, 1.54) is 25.6 Å². The maximum absolute atomic E-state index is 13.5. The van der Waals surface area contributed by atoms with Gasteiger partial charge >= 0.3 is 0 Å². The number of carbonyl (C=O) groups is 1. The quantitative estimate of drug-likeness (QED) is 0.315. The monoisotopic (exact) mass is 475 g/mol. The van der Waals surface area contributed by atoms with Gasteiger partial charge in [-0.2, -0.15) is 0 Å². The van der Waals surface area contributed by atoms with Gasteiger partial charge in [0.05, 0.1) is 16.0 Å². The molecule has 1 aliphatic heterocycles. The molecule has 0 spiro atoms. The average molecular weight is 476 g/mol. The maximum Gasteiger partial charge on any atom is 0.196 e. The van der Waals surface area contributed by atoms with E-state index in [9.17, 15) is 4.79 Å². The molecule has 3 heterocycles. The van der Waals surface area contributed by atoms with Gasteiger partial charge in [0.1, 0.15) is 29.3 Å². The van der Waals surface area contributed by atoms with Crippen molar-refractivity contribution >= 4 is 34.2 Å². The van der Waals surface area contributed by atoms with Gasteiger partial charge in [0.2, 0.25) is 0 Å². The highest BCUT2D eigenvalue weighted by Gasteiger charge is 2.22. The summed E-state index contributed by atoms with van der Waals surface area (Å²) in [5.41, 5.74) is 1.49. The number of ether oxygens (including phenoxy) is 1. The van der Waals surface area contributed by atoms with Gasteiger partial charge in [-0.05, 0) is 43.7 Å². The number of aromatic nitrogens is 3. The van der Waals surface area contributed by atoms with Crippen LogP contribution in [0.2, 0.25) is 5.02 Å². The maximum atomic E-state index is 13.5. The normalized spacial score (nSPS) is 16.6. The summed E-state index contributed by atoms with van der Waals surface area (Å²) in [6.07, 6.45) is 7.81. The number of carbonyl (C=O) groups excluding carboxylic acids is 1. The Labute approximate surface area is 202 Å². The Morgan fingerprint density at radius 3 is 2.76 bits per heavy atom. The third-order valence-corrected chi connectivity index (χ3v) is 6.33. The highest BCUT2D eigenvalue weighted by molar-refractivity contribution is 6.35. The number of benzene rings is 2. The van der Waals surface area contributed by atoms with Gasteiger partial charge in [-0.25, -0.2) is 9.97 Å². The van der Waals surface area contributed by atoms with Crippen LogP contribution in [0.3, 0.4) is 0 Å².